The molecule has 4 rings (SSSR count). The van der Waals surface area contributed by atoms with E-state index in [1.165, 1.54) is 13.1 Å². The van der Waals surface area contributed by atoms with Crippen LogP contribution in [0.2, 0.25) is 0 Å². The third-order valence-electron chi connectivity index (χ3n) is 5.03. The summed E-state index contributed by atoms with van der Waals surface area (Å²) in [4.78, 5) is 29.0. The largest absolute Gasteiger partial charge is 0.333 e. The Morgan fingerprint density at radius 2 is 1.90 bits per heavy atom. The minimum atomic E-state index is -4.31. The van der Waals surface area contributed by atoms with Gasteiger partial charge in [-0.25, -0.2) is 27.1 Å². The Balaban J connectivity index is 1.84. The lowest BCUT2D eigenvalue weighted by atomic mass is 10.0. The number of hydrogen-bond donors (Lipinski definition) is 2. The van der Waals surface area contributed by atoms with E-state index in [1.807, 2.05) is 0 Å². The number of aromatic nitrogens is 1. The molecule has 0 bridgehead atoms. The van der Waals surface area contributed by atoms with Gasteiger partial charge in [-0.05, 0) is 31.2 Å². The van der Waals surface area contributed by atoms with E-state index in [1.54, 1.807) is 18.2 Å². The number of ketones is 1. The van der Waals surface area contributed by atoms with Gasteiger partial charge < -0.3 is 5.32 Å². The van der Waals surface area contributed by atoms with Crippen LogP contribution in [0.3, 0.4) is 0 Å². The zero-order valence-electron chi connectivity index (χ0n) is 16.1. The Labute approximate surface area is 175 Å². The van der Waals surface area contributed by atoms with Gasteiger partial charge in [-0.2, -0.15) is 0 Å². The molecule has 0 fully saturated rings. The highest BCUT2D eigenvalue weighted by Crippen LogP contribution is 2.34. The van der Waals surface area contributed by atoms with E-state index in [2.05, 4.69) is 10.3 Å². The molecule has 3 N–H and O–H groups in total. The van der Waals surface area contributed by atoms with Crippen LogP contribution in [-0.4, -0.2) is 25.2 Å². The normalized spacial score (nSPS) is 13.8. The summed E-state index contributed by atoms with van der Waals surface area (Å²) in [6.07, 6.45) is 1.52. The van der Waals surface area contributed by atoms with Crippen LogP contribution >= 0.6 is 0 Å². The van der Waals surface area contributed by atoms with Crippen LogP contribution < -0.4 is 15.4 Å². The SMILES string of the molecule is CC(=O)c1ccc2c3c(cnc2c1)CNC(=O)N3Cc1c(F)cc(S(N)(=O)=O)cc1F. The van der Waals surface area contributed by atoms with Gasteiger partial charge in [0.25, 0.3) is 0 Å². The molecule has 0 spiro atoms. The Morgan fingerprint density at radius 3 is 2.52 bits per heavy atom. The standard InChI is InChI=1S/C20H16F2N4O4S/c1-10(27)11-2-3-14-18(4-11)24-7-12-8-25-20(28)26(19(12)14)9-15-16(21)5-13(6-17(15)22)31(23,29)30/h2-7H,8-9H2,1H3,(H,25,28)(H2,23,29,30). The average Bonchev–Trinajstić information content (AvgIpc) is 2.70. The van der Waals surface area contributed by atoms with E-state index < -0.39 is 44.7 Å². The number of nitrogens with two attached hydrogens (primary N) is 1. The highest BCUT2D eigenvalue weighted by molar-refractivity contribution is 7.89. The number of nitrogens with one attached hydrogen (secondary N) is 1. The fraction of sp³-hybridized carbons (Fsp3) is 0.150. The minimum Gasteiger partial charge on any atom is -0.333 e. The predicted molar refractivity (Wildman–Crippen MR) is 108 cm³/mol. The molecule has 160 valence electrons. The molecule has 3 aromatic rings. The second kappa shape index (κ2) is 7.36. The van der Waals surface area contributed by atoms with Crippen LogP contribution in [0.1, 0.15) is 28.4 Å². The van der Waals surface area contributed by atoms with Gasteiger partial charge in [0.1, 0.15) is 11.6 Å². The third kappa shape index (κ3) is 3.73. The van der Waals surface area contributed by atoms with Gasteiger partial charge in [0.2, 0.25) is 10.0 Å². The molecule has 1 aliphatic heterocycles. The van der Waals surface area contributed by atoms with Crippen LogP contribution in [0.5, 0.6) is 0 Å². The topological polar surface area (TPSA) is 122 Å². The van der Waals surface area contributed by atoms with E-state index in [4.69, 9.17) is 5.14 Å². The van der Waals surface area contributed by atoms with Crippen molar-refractivity contribution in [2.45, 2.75) is 24.9 Å². The van der Waals surface area contributed by atoms with Crippen molar-refractivity contribution in [3.8, 4) is 0 Å². The van der Waals surface area contributed by atoms with Crippen LogP contribution in [0, 0.1) is 11.6 Å². The van der Waals surface area contributed by atoms with Crippen LogP contribution in [0.15, 0.2) is 41.4 Å². The van der Waals surface area contributed by atoms with Gasteiger partial charge in [0.15, 0.2) is 5.78 Å². The smallest absolute Gasteiger partial charge is 0.322 e. The van der Waals surface area contributed by atoms with E-state index in [-0.39, 0.29) is 12.3 Å². The van der Waals surface area contributed by atoms with Crippen LogP contribution in [0.4, 0.5) is 19.3 Å². The van der Waals surface area contributed by atoms with Crippen molar-refractivity contribution < 1.29 is 26.8 Å². The third-order valence-corrected chi connectivity index (χ3v) is 5.92. The van der Waals surface area contributed by atoms with Crippen LogP contribution in [0.25, 0.3) is 10.9 Å². The van der Waals surface area contributed by atoms with E-state index in [0.717, 1.165) is 4.90 Å². The summed E-state index contributed by atoms with van der Waals surface area (Å²) in [7, 11) is -4.31. The Hall–Kier alpha value is -3.44. The quantitative estimate of drug-likeness (QED) is 0.597. The van der Waals surface area contributed by atoms with Crippen molar-refractivity contribution in [3.05, 3.63) is 64.9 Å². The van der Waals surface area contributed by atoms with Gasteiger partial charge in [-0.1, -0.05) is 6.07 Å². The fourth-order valence-corrected chi connectivity index (χ4v) is 3.99. The second-order valence-corrected chi connectivity index (χ2v) is 8.64. The summed E-state index contributed by atoms with van der Waals surface area (Å²) >= 11 is 0. The number of hydrogen-bond acceptors (Lipinski definition) is 5. The number of sulfonamides is 1. The lowest BCUT2D eigenvalue weighted by molar-refractivity contribution is 0.101. The number of benzene rings is 2. The highest BCUT2D eigenvalue weighted by atomic mass is 32.2. The Bertz CT molecular complexity index is 1350. The Morgan fingerprint density at radius 1 is 1.23 bits per heavy atom. The number of fused-ring (bicyclic) bond motifs is 3. The summed E-state index contributed by atoms with van der Waals surface area (Å²) in [5, 5.41) is 8.08. The zero-order valence-corrected chi connectivity index (χ0v) is 17.0. The lowest BCUT2D eigenvalue weighted by Crippen LogP contribution is -2.44. The number of nitrogens with zero attached hydrogens (tertiary/aromatic N) is 2. The molecule has 0 atom stereocenters. The van der Waals surface area contributed by atoms with E-state index in [9.17, 15) is 26.8 Å². The number of urea groups is 1. The van der Waals surface area contributed by atoms with Gasteiger partial charge in [-0.3, -0.25) is 14.7 Å². The molecule has 1 aliphatic rings. The number of halogens is 2. The van der Waals surface area contributed by atoms with E-state index in [0.29, 0.717) is 39.8 Å². The predicted octanol–water partition coefficient (Wildman–Crippen LogP) is 2.59. The maximum atomic E-state index is 14.6. The monoisotopic (exact) mass is 446 g/mol. The maximum absolute atomic E-state index is 14.6. The Kier molecular flexibility index (Phi) is 4.94. The molecule has 11 heteroatoms. The molecular weight excluding hydrogens is 430 g/mol. The summed E-state index contributed by atoms with van der Waals surface area (Å²) in [5.74, 6) is -2.46. The number of amides is 2. The first-order valence-electron chi connectivity index (χ1n) is 9.05. The highest BCUT2D eigenvalue weighted by Gasteiger charge is 2.29. The van der Waals surface area contributed by atoms with Crippen molar-refractivity contribution in [3.63, 3.8) is 0 Å². The average molecular weight is 446 g/mol. The van der Waals surface area contributed by atoms with Crippen LogP contribution in [-0.2, 0) is 23.1 Å². The van der Waals surface area contributed by atoms with Crippen molar-refractivity contribution in [1.82, 2.24) is 10.3 Å². The molecule has 0 aliphatic carbocycles. The molecule has 31 heavy (non-hydrogen) atoms. The van der Waals surface area contributed by atoms with Crippen molar-refractivity contribution in [2.75, 3.05) is 4.90 Å². The zero-order chi connectivity index (χ0) is 22.5. The lowest BCUT2D eigenvalue weighted by Gasteiger charge is -2.31. The number of carbonyl (C=O) groups excluding carboxylic acids is 2. The molecule has 2 aromatic carbocycles. The van der Waals surface area contributed by atoms with Gasteiger partial charge in [0, 0.05) is 34.8 Å². The number of Topliss-reactive ketones (excluding diaryl/α,β-unsaturated/α-hetero) is 1. The number of carbonyl (C=O) groups is 2. The summed E-state index contributed by atoms with van der Waals surface area (Å²) in [6.45, 7) is 1.07. The number of primary sulfonamides is 1. The summed E-state index contributed by atoms with van der Waals surface area (Å²) < 4.78 is 52.0. The first kappa shape index (κ1) is 20.8. The first-order valence-corrected chi connectivity index (χ1v) is 10.6. The van der Waals surface area contributed by atoms with E-state index >= 15 is 0 Å². The molecular formula is C20H16F2N4O4S. The molecule has 2 amide bonds. The maximum Gasteiger partial charge on any atom is 0.322 e. The molecule has 0 saturated carbocycles. The fourth-order valence-electron chi connectivity index (χ4n) is 3.46. The summed E-state index contributed by atoms with van der Waals surface area (Å²) in [6, 6.07) is 5.41. The molecule has 2 heterocycles. The molecule has 0 saturated heterocycles. The molecule has 0 unspecified atom stereocenters. The molecule has 0 radical (unpaired) electrons. The second-order valence-electron chi connectivity index (χ2n) is 7.08. The van der Waals surface area contributed by atoms with Crippen molar-refractivity contribution >= 4 is 38.4 Å². The van der Waals surface area contributed by atoms with Gasteiger partial charge in [-0.15, -0.1) is 0 Å². The molecule has 8 nitrogen and oxygen atoms in total. The van der Waals surface area contributed by atoms with Crippen molar-refractivity contribution in [1.29, 1.82) is 0 Å². The van der Waals surface area contributed by atoms with Crippen molar-refractivity contribution in [2.24, 2.45) is 5.14 Å². The van der Waals surface area contributed by atoms with Gasteiger partial charge >= 0.3 is 6.03 Å². The summed E-state index contributed by atoms with van der Waals surface area (Å²) in [5.41, 5.74) is 1.39. The first-order chi connectivity index (χ1) is 14.6. The number of rotatable bonds is 4. The number of anilines is 1. The van der Waals surface area contributed by atoms with Gasteiger partial charge in [0.05, 0.1) is 22.6 Å². The molecule has 1 aromatic heterocycles. The minimum absolute atomic E-state index is 0.157. The number of pyridine rings is 1.